The maximum Gasteiger partial charge on any atom is 0.331 e. The van der Waals surface area contributed by atoms with E-state index in [1.807, 2.05) is 26.8 Å². The minimum atomic E-state index is -1.11. The van der Waals surface area contributed by atoms with Gasteiger partial charge in [0.1, 0.15) is 6.26 Å². The molecule has 0 aliphatic carbocycles. The number of likely N-dealkylation sites (tertiary alicyclic amines) is 1. The highest BCUT2D eigenvalue weighted by molar-refractivity contribution is 5.94. The minimum Gasteiger partial charge on any atom is -0.479 e. The van der Waals surface area contributed by atoms with Gasteiger partial charge < -0.3 is 14.4 Å². The third-order valence-corrected chi connectivity index (χ3v) is 4.84. The zero-order valence-corrected chi connectivity index (χ0v) is 14.7. The number of carbonyl (C=O) groups excluding carboxylic acids is 1. The van der Waals surface area contributed by atoms with Gasteiger partial charge in [0.2, 0.25) is 0 Å². The molecule has 0 spiro atoms. The molecule has 2 aromatic rings. The third kappa shape index (κ3) is 3.06. The van der Waals surface area contributed by atoms with Crippen LogP contribution < -0.4 is 0 Å². The van der Waals surface area contributed by atoms with E-state index in [4.69, 9.17) is 4.42 Å². The lowest BCUT2D eigenvalue weighted by Crippen LogP contribution is -2.52. The number of aromatic nitrogens is 2. The van der Waals surface area contributed by atoms with Gasteiger partial charge in [-0.3, -0.25) is 9.48 Å². The summed E-state index contributed by atoms with van der Waals surface area (Å²) in [4.78, 5) is 26.1. The van der Waals surface area contributed by atoms with Crippen molar-refractivity contribution in [1.82, 2.24) is 14.7 Å². The summed E-state index contributed by atoms with van der Waals surface area (Å²) < 4.78 is 6.52. The fourth-order valence-electron chi connectivity index (χ4n) is 3.15. The Kier molecular flexibility index (Phi) is 4.18. The van der Waals surface area contributed by atoms with Gasteiger partial charge in [0.15, 0.2) is 5.54 Å². The Morgan fingerprint density at radius 2 is 1.92 bits per heavy atom. The van der Waals surface area contributed by atoms with Crippen molar-refractivity contribution >= 4 is 11.9 Å². The van der Waals surface area contributed by atoms with E-state index < -0.39 is 11.5 Å². The van der Waals surface area contributed by atoms with Crippen LogP contribution >= 0.6 is 0 Å². The summed E-state index contributed by atoms with van der Waals surface area (Å²) in [6.45, 7) is 6.85. The highest BCUT2D eigenvalue weighted by atomic mass is 16.4. The molecule has 1 N–H and O–H groups in total. The Hall–Kier alpha value is -2.57. The molecule has 0 unspecified atom stereocenters. The molecule has 25 heavy (non-hydrogen) atoms. The van der Waals surface area contributed by atoms with Gasteiger partial charge in [-0.05, 0) is 12.1 Å². The second kappa shape index (κ2) is 6.06. The van der Waals surface area contributed by atoms with Gasteiger partial charge in [0.25, 0.3) is 5.91 Å². The fourth-order valence-corrected chi connectivity index (χ4v) is 3.15. The molecule has 1 saturated heterocycles. The van der Waals surface area contributed by atoms with E-state index in [0.717, 1.165) is 5.69 Å². The lowest BCUT2D eigenvalue weighted by Gasteiger charge is -2.39. The van der Waals surface area contributed by atoms with E-state index in [1.54, 1.807) is 21.8 Å². The van der Waals surface area contributed by atoms with Crippen LogP contribution in [0.1, 0.15) is 49.7 Å². The van der Waals surface area contributed by atoms with Gasteiger partial charge in [0, 0.05) is 37.5 Å². The molecule has 2 aromatic heterocycles. The highest BCUT2D eigenvalue weighted by Crippen LogP contribution is 2.32. The predicted octanol–water partition coefficient (Wildman–Crippen LogP) is 2.49. The molecule has 1 amide bonds. The maximum atomic E-state index is 12.4. The molecule has 3 rings (SSSR count). The van der Waals surface area contributed by atoms with Gasteiger partial charge in [-0.15, -0.1) is 0 Å². The monoisotopic (exact) mass is 345 g/mol. The van der Waals surface area contributed by atoms with Crippen LogP contribution in [0.2, 0.25) is 0 Å². The summed E-state index contributed by atoms with van der Waals surface area (Å²) >= 11 is 0. The lowest BCUT2D eigenvalue weighted by molar-refractivity contribution is -0.150. The zero-order valence-electron chi connectivity index (χ0n) is 14.7. The van der Waals surface area contributed by atoms with Crippen molar-refractivity contribution in [3.63, 3.8) is 0 Å². The molecule has 7 nitrogen and oxygen atoms in total. The largest absolute Gasteiger partial charge is 0.479 e. The molecular formula is C18H23N3O4. The Balaban J connectivity index is 1.81. The lowest BCUT2D eigenvalue weighted by atomic mass is 9.87. The molecule has 1 aliphatic heterocycles. The van der Waals surface area contributed by atoms with Crippen LogP contribution in [0.5, 0.6) is 0 Å². The van der Waals surface area contributed by atoms with Gasteiger partial charge in [-0.1, -0.05) is 20.8 Å². The van der Waals surface area contributed by atoms with Gasteiger partial charge in [-0.2, -0.15) is 5.10 Å². The van der Waals surface area contributed by atoms with Crippen molar-refractivity contribution in [2.75, 3.05) is 13.1 Å². The van der Waals surface area contributed by atoms with Crippen LogP contribution in [-0.2, 0) is 15.7 Å². The van der Waals surface area contributed by atoms with E-state index in [9.17, 15) is 14.7 Å². The number of carboxylic acids is 1. The number of hydrogen-bond donors (Lipinski definition) is 1. The maximum absolute atomic E-state index is 12.4. The molecule has 0 radical (unpaired) electrons. The van der Waals surface area contributed by atoms with Crippen LogP contribution in [0.15, 0.2) is 35.3 Å². The topological polar surface area (TPSA) is 88.6 Å². The smallest absolute Gasteiger partial charge is 0.331 e. The number of furan rings is 1. The first-order chi connectivity index (χ1) is 11.7. The molecule has 0 bridgehead atoms. The Bertz CT molecular complexity index is 763. The normalized spacial score (nSPS) is 17.5. The first-order valence-corrected chi connectivity index (χ1v) is 8.35. The van der Waals surface area contributed by atoms with Crippen LogP contribution in [0.3, 0.4) is 0 Å². The average Bonchev–Trinajstić information content (AvgIpc) is 3.25. The molecular weight excluding hydrogens is 322 g/mol. The molecule has 0 atom stereocenters. The predicted molar refractivity (Wildman–Crippen MR) is 90.4 cm³/mol. The molecule has 3 heterocycles. The molecule has 1 fully saturated rings. The van der Waals surface area contributed by atoms with E-state index in [-0.39, 0.29) is 11.3 Å². The van der Waals surface area contributed by atoms with Crippen molar-refractivity contribution in [2.24, 2.45) is 0 Å². The van der Waals surface area contributed by atoms with Crippen molar-refractivity contribution in [3.8, 4) is 0 Å². The Morgan fingerprint density at radius 3 is 2.40 bits per heavy atom. The van der Waals surface area contributed by atoms with Crippen LogP contribution in [0.25, 0.3) is 0 Å². The molecule has 0 saturated carbocycles. The van der Waals surface area contributed by atoms with Crippen LogP contribution in [0, 0.1) is 0 Å². The average molecular weight is 345 g/mol. The zero-order chi connectivity index (χ0) is 18.2. The van der Waals surface area contributed by atoms with E-state index in [2.05, 4.69) is 5.10 Å². The standard InChI is InChI=1S/C18H23N3O4/c1-17(2,3)14-4-8-21(19-14)18(16(23)24)6-9-20(10-7-18)15(22)13-5-11-25-12-13/h4-5,8,11-12H,6-7,9-10H2,1-3H3,(H,23,24). The number of carboxylic acid groups (broad SMARTS) is 1. The van der Waals surface area contributed by atoms with E-state index in [1.165, 1.54) is 12.5 Å². The van der Waals surface area contributed by atoms with Crippen molar-refractivity contribution in [1.29, 1.82) is 0 Å². The van der Waals surface area contributed by atoms with Crippen LogP contribution in [-0.4, -0.2) is 44.8 Å². The number of rotatable bonds is 3. The fraction of sp³-hybridized carbons (Fsp3) is 0.500. The Morgan fingerprint density at radius 1 is 1.24 bits per heavy atom. The van der Waals surface area contributed by atoms with Crippen molar-refractivity contribution in [2.45, 2.75) is 44.6 Å². The number of nitrogens with zero attached hydrogens (tertiary/aromatic N) is 3. The second-order valence-corrected chi connectivity index (χ2v) is 7.54. The summed E-state index contributed by atoms with van der Waals surface area (Å²) in [6, 6.07) is 3.48. The number of carbonyl (C=O) groups is 2. The van der Waals surface area contributed by atoms with Crippen LogP contribution in [0.4, 0.5) is 0 Å². The summed E-state index contributed by atoms with van der Waals surface area (Å²) in [5, 5.41) is 14.4. The molecule has 134 valence electrons. The van der Waals surface area contributed by atoms with E-state index in [0.29, 0.717) is 31.5 Å². The third-order valence-electron chi connectivity index (χ3n) is 4.84. The number of hydrogen-bond acceptors (Lipinski definition) is 4. The minimum absolute atomic E-state index is 0.136. The number of amides is 1. The van der Waals surface area contributed by atoms with Crippen molar-refractivity contribution in [3.05, 3.63) is 42.1 Å². The number of aliphatic carboxylic acids is 1. The summed E-state index contributed by atoms with van der Waals surface area (Å²) in [7, 11) is 0. The quantitative estimate of drug-likeness (QED) is 0.923. The van der Waals surface area contributed by atoms with Gasteiger partial charge in [0.05, 0.1) is 17.5 Å². The SMILES string of the molecule is CC(C)(C)c1ccn(C2(C(=O)O)CCN(C(=O)c3ccoc3)CC2)n1. The second-order valence-electron chi connectivity index (χ2n) is 7.54. The number of piperidine rings is 1. The first-order valence-electron chi connectivity index (χ1n) is 8.35. The first kappa shape index (κ1) is 17.3. The van der Waals surface area contributed by atoms with E-state index >= 15 is 0 Å². The summed E-state index contributed by atoms with van der Waals surface area (Å²) in [5.41, 5.74) is 0.0708. The van der Waals surface area contributed by atoms with Gasteiger partial charge >= 0.3 is 5.97 Å². The summed E-state index contributed by atoms with van der Waals surface area (Å²) in [5.74, 6) is -1.05. The Labute approximate surface area is 146 Å². The molecule has 0 aromatic carbocycles. The summed E-state index contributed by atoms with van der Waals surface area (Å²) in [6.07, 6.45) is 5.23. The highest BCUT2D eigenvalue weighted by Gasteiger charge is 2.45. The van der Waals surface area contributed by atoms with Crippen molar-refractivity contribution < 1.29 is 19.1 Å². The molecule has 7 heteroatoms. The van der Waals surface area contributed by atoms with Gasteiger partial charge in [-0.25, -0.2) is 4.79 Å². The molecule has 1 aliphatic rings.